The lowest BCUT2D eigenvalue weighted by Crippen LogP contribution is -2.00. The van der Waals surface area contributed by atoms with Gasteiger partial charge >= 0.3 is 0 Å². The van der Waals surface area contributed by atoms with Gasteiger partial charge in [-0.15, -0.1) is 0 Å². The van der Waals surface area contributed by atoms with Gasteiger partial charge in [0.1, 0.15) is 10.3 Å². The SMILES string of the molecule is O=Cc1nc(Br)cc(I)c1C(F)F. The van der Waals surface area contributed by atoms with Crippen LogP contribution in [-0.4, -0.2) is 11.3 Å². The maximum Gasteiger partial charge on any atom is 0.267 e. The van der Waals surface area contributed by atoms with Crippen LogP contribution in [0.3, 0.4) is 0 Å². The number of halogens is 4. The van der Waals surface area contributed by atoms with E-state index in [0.29, 0.717) is 14.5 Å². The van der Waals surface area contributed by atoms with Crippen molar-refractivity contribution in [2.75, 3.05) is 0 Å². The lowest BCUT2D eigenvalue weighted by molar-refractivity contribution is 0.110. The molecule has 1 aromatic heterocycles. The molecule has 13 heavy (non-hydrogen) atoms. The van der Waals surface area contributed by atoms with Crippen LogP contribution in [0, 0.1) is 3.57 Å². The minimum absolute atomic E-state index is 0.214. The highest BCUT2D eigenvalue weighted by molar-refractivity contribution is 14.1. The average Bonchev–Trinajstić information content (AvgIpc) is 2.01. The predicted octanol–water partition coefficient (Wildman–Crippen LogP) is 3.20. The molecule has 0 bridgehead atoms. The normalized spacial score (nSPS) is 10.5. The third kappa shape index (κ3) is 2.43. The summed E-state index contributed by atoms with van der Waals surface area (Å²) < 4.78 is 25.5. The summed E-state index contributed by atoms with van der Waals surface area (Å²) in [6, 6.07) is 1.44. The molecule has 1 rings (SSSR count). The maximum atomic E-state index is 12.4. The van der Waals surface area contributed by atoms with Crippen molar-refractivity contribution < 1.29 is 13.6 Å². The fourth-order valence-corrected chi connectivity index (χ4v) is 2.47. The van der Waals surface area contributed by atoms with Crippen molar-refractivity contribution in [3.05, 3.63) is 25.5 Å². The first-order chi connectivity index (χ1) is 6.06. The number of carbonyl (C=O) groups excluding carboxylic acids is 1. The van der Waals surface area contributed by atoms with Crippen LogP contribution in [0.4, 0.5) is 8.78 Å². The number of pyridine rings is 1. The van der Waals surface area contributed by atoms with Crippen LogP contribution in [0.5, 0.6) is 0 Å². The second kappa shape index (κ2) is 4.41. The van der Waals surface area contributed by atoms with Crippen LogP contribution in [0.2, 0.25) is 0 Å². The van der Waals surface area contributed by atoms with Crippen molar-refractivity contribution in [1.82, 2.24) is 4.98 Å². The standard InChI is InChI=1S/C7H3BrF2INO/c8-5-1-3(11)6(7(9)10)4(2-13)12-5/h1-2,7H. The summed E-state index contributed by atoms with van der Waals surface area (Å²) in [5, 5.41) is 0. The van der Waals surface area contributed by atoms with Gasteiger partial charge in [0, 0.05) is 3.57 Å². The first-order valence-electron chi connectivity index (χ1n) is 3.15. The van der Waals surface area contributed by atoms with E-state index in [1.54, 1.807) is 22.6 Å². The summed E-state index contributed by atoms with van der Waals surface area (Å²) in [7, 11) is 0. The van der Waals surface area contributed by atoms with Gasteiger partial charge in [0.2, 0.25) is 0 Å². The molecule has 0 aliphatic carbocycles. The summed E-state index contributed by atoms with van der Waals surface area (Å²) >= 11 is 4.76. The van der Waals surface area contributed by atoms with E-state index in [4.69, 9.17) is 0 Å². The number of alkyl halides is 2. The first kappa shape index (κ1) is 11.0. The zero-order valence-electron chi connectivity index (χ0n) is 6.10. The Bertz CT molecular complexity index is 346. The maximum absolute atomic E-state index is 12.4. The summed E-state index contributed by atoms with van der Waals surface area (Å²) in [6.45, 7) is 0. The van der Waals surface area contributed by atoms with E-state index in [1.165, 1.54) is 6.07 Å². The molecule has 0 saturated carbocycles. The monoisotopic (exact) mass is 361 g/mol. The minimum Gasteiger partial charge on any atom is -0.296 e. The van der Waals surface area contributed by atoms with Crippen LogP contribution in [-0.2, 0) is 0 Å². The molecule has 0 aromatic carbocycles. The molecule has 0 saturated heterocycles. The van der Waals surface area contributed by atoms with E-state index in [1.807, 2.05) is 0 Å². The Balaban J connectivity index is 3.38. The summed E-state index contributed by atoms with van der Waals surface area (Å²) in [6.07, 6.45) is -2.35. The van der Waals surface area contributed by atoms with Gasteiger partial charge in [0.15, 0.2) is 6.29 Å². The number of aldehydes is 1. The molecule has 1 heterocycles. The second-order valence-corrected chi connectivity index (χ2v) is 4.12. The largest absolute Gasteiger partial charge is 0.296 e. The summed E-state index contributed by atoms with van der Waals surface area (Å²) in [5.74, 6) is 0. The molecule has 0 unspecified atom stereocenters. The molecule has 0 aliphatic heterocycles. The topological polar surface area (TPSA) is 30.0 Å². The fourth-order valence-electron chi connectivity index (χ4n) is 0.818. The Labute approximate surface area is 95.0 Å². The molecule has 2 nitrogen and oxygen atoms in total. The van der Waals surface area contributed by atoms with Gasteiger partial charge in [-0.2, -0.15) is 0 Å². The molecular formula is C7H3BrF2INO. The van der Waals surface area contributed by atoms with E-state index >= 15 is 0 Å². The Morgan fingerprint density at radius 1 is 1.62 bits per heavy atom. The molecule has 70 valence electrons. The molecule has 0 N–H and O–H groups in total. The zero-order valence-corrected chi connectivity index (χ0v) is 9.84. The molecule has 6 heteroatoms. The van der Waals surface area contributed by atoms with Gasteiger partial charge in [-0.25, -0.2) is 13.8 Å². The number of nitrogens with zero attached hydrogens (tertiary/aromatic N) is 1. The Morgan fingerprint density at radius 3 is 2.69 bits per heavy atom. The third-order valence-electron chi connectivity index (χ3n) is 1.34. The summed E-state index contributed by atoms with van der Waals surface area (Å²) in [5.41, 5.74) is -0.521. The number of rotatable bonds is 2. The number of carbonyl (C=O) groups is 1. The zero-order chi connectivity index (χ0) is 10.0. The van der Waals surface area contributed by atoms with Gasteiger partial charge in [-0.3, -0.25) is 4.79 Å². The molecule has 0 radical (unpaired) electrons. The van der Waals surface area contributed by atoms with Gasteiger partial charge < -0.3 is 0 Å². The smallest absolute Gasteiger partial charge is 0.267 e. The van der Waals surface area contributed by atoms with Gasteiger partial charge in [-0.1, -0.05) is 0 Å². The van der Waals surface area contributed by atoms with Crippen molar-refractivity contribution in [2.24, 2.45) is 0 Å². The lowest BCUT2D eigenvalue weighted by atomic mass is 10.2. The first-order valence-corrected chi connectivity index (χ1v) is 5.02. The van der Waals surface area contributed by atoms with Crippen molar-refractivity contribution in [1.29, 1.82) is 0 Å². The molecule has 0 atom stereocenters. The average molecular weight is 362 g/mol. The van der Waals surface area contributed by atoms with Crippen molar-refractivity contribution in [2.45, 2.75) is 6.43 Å². The van der Waals surface area contributed by atoms with Crippen molar-refractivity contribution >= 4 is 44.8 Å². The molecule has 1 aromatic rings. The highest BCUT2D eigenvalue weighted by Crippen LogP contribution is 2.28. The van der Waals surface area contributed by atoms with E-state index in [9.17, 15) is 13.6 Å². The third-order valence-corrected chi connectivity index (χ3v) is 2.63. The molecule has 0 fully saturated rings. The van der Waals surface area contributed by atoms with E-state index < -0.39 is 6.43 Å². The van der Waals surface area contributed by atoms with Crippen LogP contribution in [0.1, 0.15) is 22.5 Å². The van der Waals surface area contributed by atoms with Crippen molar-refractivity contribution in [3.63, 3.8) is 0 Å². The van der Waals surface area contributed by atoms with E-state index in [-0.39, 0.29) is 11.3 Å². The number of hydrogen-bond acceptors (Lipinski definition) is 2. The van der Waals surface area contributed by atoms with E-state index in [0.717, 1.165) is 0 Å². The number of hydrogen-bond donors (Lipinski definition) is 0. The second-order valence-electron chi connectivity index (χ2n) is 2.14. The minimum atomic E-state index is -2.67. The highest BCUT2D eigenvalue weighted by Gasteiger charge is 2.18. The summed E-state index contributed by atoms with van der Waals surface area (Å²) in [4.78, 5) is 14.1. The molecular weight excluding hydrogens is 359 g/mol. The Kier molecular flexibility index (Phi) is 3.72. The van der Waals surface area contributed by atoms with Crippen LogP contribution in [0.25, 0.3) is 0 Å². The van der Waals surface area contributed by atoms with Crippen LogP contribution in [0.15, 0.2) is 10.7 Å². The lowest BCUT2D eigenvalue weighted by Gasteiger charge is -2.05. The molecule has 0 amide bonds. The van der Waals surface area contributed by atoms with Crippen molar-refractivity contribution in [3.8, 4) is 0 Å². The van der Waals surface area contributed by atoms with Crippen LogP contribution < -0.4 is 0 Å². The quantitative estimate of drug-likeness (QED) is 0.460. The number of aromatic nitrogens is 1. The molecule has 0 aliphatic rings. The van der Waals surface area contributed by atoms with Gasteiger partial charge in [-0.05, 0) is 44.6 Å². The van der Waals surface area contributed by atoms with Crippen LogP contribution >= 0.6 is 38.5 Å². The van der Waals surface area contributed by atoms with Gasteiger partial charge in [0.05, 0.1) is 5.56 Å². The van der Waals surface area contributed by atoms with E-state index in [2.05, 4.69) is 20.9 Å². The predicted molar refractivity (Wildman–Crippen MR) is 55.0 cm³/mol. The Hall–Kier alpha value is -0.110. The fraction of sp³-hybridized carbons (Fsp3) is 0.143. The molecule has 0 spiro atoms. The highest BCUT2D eigenvalue weighted by atomic mass is 127. The van der Waals surface area contributed by atoms with Gasteiger partial charge in [0.25, 0.3) is 6.43 Å². The Morgan fingerprint density at radius 2 is 2.23 bits per heavy atom.